The summed E-state index contributed by atoms with van der Waals surface area (Å²) in [7, 11) is -1.02. The molecule has 10 nitrogen and oxygen atoms in total. The minimum atomic E-state index is -4.07. The molecule has 0 bridgehead atoms. The minimum Gasteiger partial charge on any atom is -0.380 e. The SMILES string of the molecule is CCCCC1=NC2(CCCC2)C(=O)N1Cc1ccc(-c2sccc2S(=O)(=O)N(COC)c2noc(C)c2C)c(COC)c1. The first-order valence-electron chi connectivity index (χ1n) is 14.7. The van der Waals surface area contributed by atoms with E-state index in [1.807, 2.05) is 23.1 Å². The molecule has 2 aliphatic rings. The molecule has 1 aliphatic heterocycles. The number of amidine groups is 1. The number of anilines is 1. The Morgan fingerprint density at radius 2 is 1.91 bits per heavy atom. The molecule has 12 heteroatoms. The third-order valence-electron chi connectivity index (χ3n) is 8.35. The number of aromatic nitrogens is 1. The number of carbonyl (C=O) groups is 1. The van der Waals surface area contributed by atoms with Gasteiger partial charge in [-0.3, -0.25) is 14.7 Å². The lowest BCUT2D eigenvalue weighted by atomic mass is 9.97. The van der Waals surface area contributed by atoms with Crippen LogP contribution in [0.5, 0.6) is 0 Å². The molecule has 0 atom stereocenters. The summed E-state index contributed by atoms with van der Waals surface area (Å²) in [5, 5.41) is 5.77. The summed E-state index contributed by atoms with van der Waals surface area (Å²) in [4.78, 5) is 21.3. The second-order valence-electron chi connectivity index (χ2n) is 11.3. The van der Waals surface area contributed by atoms with Crippen molar-refractivity contribution in [2.75, 3.05) is 25.3 Å². The Hall–Kier alpha value is -3.06. The van der Waals surface area contributed by atoms with Crippen molar-refractivity contribution in [2.24, 2.45) is 4.99 Å². The average molecular weight is 629 g/mol. The fraction of sp³-hybridized carbons (Fsp3) is 0.516. The molecule has 1 saturated carbocycles. The first kappa shape index (κ1) is 31.4. The molecule has 0 unspecified atom stereocenters. The number of carbonyl (C=O) groups excluding carboxylic acids is 1. The molecule has 1 aromatic carbocycles. The fourth-order valence-electron chi connectivity index (χ4n) is 5.94. The lowest BCUT2D eigenvalue weighted by molar-refractivity contribution is -0.131. The predicted molar refractivity (Wildman–Crippen MR) is 167 cm³/mol. The number of nitrogens with zero attached hydrogens (tertiary/aromatic N) is 4. The summed E-state index contributed by atoms with van der Waals surface area (Å²) in [6, 6.07) is 7.50. The molecule has 0 radical (unpaired) electrons. The number of hydrogen-bond acceptors (Lipinski definition) is 9. The van der Waals surface area contributed by atoms with Gasteiger partial charge in [-0.25, -0.2) is 12.7 Å². The molecular weight excluding hydrogens is 588 g/mol. The van der Waals surface area contributed by atoms with E-state index in [9.17, 15) is 13.2 Å². The maximum absolute atomic E-state index is 14.1. The van der Waals surface area contributed by atoms with Gasteiger partial charge in [-0.1, -0.05) is 49.5 Å². The van der Waals surface area contributed by atoms with E-state index in [1.54, 1.807) is 32.4 Å². The number of amides is 1. The average Bonchev–Trinajstić information content (AvgIpc) is 3.78. The maximum atomic E-state index is 14.1. The third kappa shape index (κ3) is 5.90. The van der Waals surface area contributed by atoms with Gasteiger partial charge in [0.1, 0.15) is 28.8 Å². The molecule has 0 saturated heterocycles. The van der Waals surface area contributed by atoms with Gasteiger partial charge < -0.3 is 14.0 Å². The maximum Gasteiger partial charge on any atom is 0.269 e. The third-order valence-corrected chi connectivity index (χ3v) is 11.2. The van der Waals surface area contributed by atoms with E-state index in [-0.39, 0.29) is 30.0 Å². The Kier molecular flexibility index (Phi) is 9.40. The summed E-state index contributed by atoms with van der Waals surface area (Å²) in [5.74, 6) is 1.72. The summed E-state index contributed by atoms with van der Waals surface area (Å²) < 4.78 is 45.4. The van der Waals surface area contributed by atoms with Gasteiger partial charge in [0.05, 0.1) is 18.0 Å². The summed E-state index contributed by atoms with van der Waals surface area (Å²) in [6.07, 6.45) is 6.48. The Morgan fingerprint density at radius 3 is 2.56 bits per heavy atom. The van der Waals surface area contributed by atoms with Crippen LogP contribution in [0.25, 0.3) is 10.4 Å². The highest BCUT2D eigenvalue weighted by Gasteiger charge is 2.49. The van der Waals surface area contributed by atoms with E-state index in [4.69, 9.17) is 19.0 Å². The van der Waals surface area contributed by atoms with E-state index in [1.165, 1.54) is 18.4 Å². The van der Waals surface area contributed by atoms with Crippen molar-refractivity contribution in [1.82, 2.24) is 10.1 Å². The molecule has 1 aliphatic carbocycles. The number of sulfonamides is 1. The lowest BCUT2D eigenvalue weighted by Gasteiger charge is -2.24. The highest BCUT2D eigenvalue weighted by Crippen LogP contribution is 2.41. The number of ether oxygens (including phenoxy) is 2. The zero-order valence-corrected chi connectivity index (χ0v) is 27.1. The van der Waals surface area contributed by atoms with Gasteiger partial charge in [-0.15, -0.1) is 11.3 Å². The Balaban J connectivity index is 1.49. The van der Waals surface area contributed by atoms with Gasteiger partial charge >= 0.3 is 0 Å². The molecule has 1 spiro atoms. The van der Waals surface area contributed by atoms with E-state index >= 15 is 0 Å². The molecule has 1 fully saturated rings. The van der Waals surface area contributed by atoms with Crippen molar-refractivity contribution in [1.29, 1.82) is 0 Å². The van der Waals surface area contributed by atoms with Crippen LogP contribution in [0.3, 0.4) is 0 Å². The number of rotatable bonds is 13. The van der Waals surface area contributed by atoms with Crippen LogP contribution in [-0.2, 0) is 37.4 Å². The smallest absolute Gasteiger partial charge is 0.269 e. The van der Waals surface area contributed by atoms with Crippen molar-refractivity contribution >= 4 is 38.9 Å². The van der Waals surface area contributed by atoms with Crippen LogP contribution in [-0.4, -0.2) is 56.7 Å². The Labute approximate surface area is 257 Å². The number of unbranched alkanes of at least 4 members (excludes halogenated alkanes) is 1. The molecular formula is C31H40N4O6S2. The van der Waals surface area contributed by atoms with Gasteiger partial charge in [0, 0.05) is 26.2 Å². The predicted octanol–water partition coefficient (Wildman–Crippen LogP) is 6.21. The monoisotopic (exact) mass is 628 g/mol. The van der Waals surface area contributed by atoms with Gasteiger partial charge in [0.15, 0.2) is 5.82 Å². The van der Waals surface area contributed by atoms with Gasteiger partial charge in [-0.05, 0) is 61.2 Å². The molecule has 2 aromatic heterocycles. The summed E-state index contributed by atoms with van der Waals surface area (Å²) in [6.45, 7) is 6.12. The quantitative estimate of drug-likeness (QED) is 0.207. The highest BCUT2D eigenvalue weighted by molar-refractivity contribution is 7.93. The second kappa shape index (κ2) is 12.9. The van der Waals surface area contributed by atoms with Crippen molar-refractivity contribution in [3.63, 3.8) is 0 Å². The molecule has 0 N–H and O–H groups in total. The van der Waals surface area contributed by atoms with Crippen LogP contribution in [0.15, 0.2) is 44.1 Å². The number of aliphatic imine (C=N–C) groups is 1. The molecule has 43 heavy (non-hydrogen) atoms. The van der Waals surface area contributed by atoms with E-state index in [0.29, 0.717) is 22.7 Å². The summed E-state index contributed by atoms with van der Waals surface area (Å²) >= 11 is 1.34. The number of aryl methyl sites for hydroxylation is 1. The molecule has 3 heterocycles. The zero-order chi connectivity index (χ0) is 30.8. The standard InChI is InChI=1S/C31H40N4O6S2/c1-6-7-10-27-32-31(14-8-9-15-31)30(36)34(27)18-23-11-12-25(24(17-23)19-39-4)28-26(13-16-42-28)43(37,38)35(20-40-5)29-21(2)22(3)41-33-29/h11-13,16-17H,6-10,14-15,18-20H2,1-5H3. The largest absolute Gasteiger partial charge is 0.380 e. The topological polar surface area (TPSA) is 115 Å². The van der Waals surface area contributed by atoms with Crippen molar-refractivity contribution in [3.8, 4) is 10.4 Å². The van der Waals surface area contributed by atoms with Gasteiger partial charge in [0.25, 0.3) is 15.9 Å². The van der Waals surface area contributed by atoms with Crippen molar-refractivity contribution in [2.45, 2.75) is 89.3 Å². The number of methoxy groups -OCH3 is 2. The number of hydrogen-bond donors (Lipinski definition) is 0. The lowest BCUT2D eigenvalue weighted by Crippen LogP contribution is -2.40. The second-order valence-corrected chi connectivity index (χ2v) is 14.0. The Morgan fingerprint density at radius 1 is 1.14 bits per heavy atom. The van der Waals surface area contributed by atoms with E-state index in [0.717, 1.165) is 71.8 Å². The number of thiophene rings is 1. The summed E-state index contributed by atoms with van der Waals surface area (Å²) in [5.41, 5.74) is 2.57. The van der Waals surface area contributed by atoms with Crippen LogP contribution in [0, 0.1) is 13.8 Å². The van der Waals surface area contributed by atoms with Crippen LogP contribution < -0.4 is 4.31 Å². The first-order valence-corrected chi connectivity index (χ1v) is 17.0. The molecule has 232 valence electrons. The van der Waals surface area contributed by atoms with Crippen LogP contribution in [0.2, 0.25) is 0 Å². The van der Waals surface area contributed by atoms with Gasteiger partial charge in [0.2, 0.25) is 0 Å². The highest BCUT2D eigenvalue weighted by atomic mass is 32.2. The van der Waals surface area contributed by atoms with Crippen LogP contribution in [0.4, 0.5) is 5.82 Å². The first-order chi connectivity index (χ1) is 20.7. The molecule has 1 amide bonds. The molecule has 5 rings (SSSR count). The molecule has 3 aromatic rings. The fourth-order valence-corrected chi connectivity index (χ4v) is 8.80. The van der Waals surface area contributed by atoms with Crippen LogP contribution >= 0.6 is 11.3 Å². The normalized spacial score (nSPS) is 16.4. The van der Waals surface area contributed by atoms with Crippen LogP contribution in [0.1, 0.15) is 74.3 Å². The zero-order valence-electron chi connectivity index (χ0n) is 25.5. The van der Waals surface area contributed by atoms with E-state index < -0.39 is 15.6 Å². The van der Waals surface area contributed by atoms with Gasteiger partial charge in [-0.2, -0.15) is 0 Å². The van der Waals surface area contributed by atoms with E-state index in [2.05, 4.69) is 12.1 Å². The number of benzene rings is 1. The Bertz CT molecular complexity index is 1600. The van der Waals surface area contributed by atoms with Crippen molar-refractivity contribution < 1.29 is 27.2 Å². The van der Waals surface area contributed by atoms with Crippen molar-refractivity contribution in [3.05, 3.63) is 52.1 Å². The minimum absolute atomic E-state index is 0.108.